The van der Waals surface area contributed by atoms with Crippen molar-refractivity contribution in [3.05, 3.63) is 59.4 Å². The average molecular weight is 467 g/mol. The molecule has 2 aromatic carbocycles. The van der Waals surface area contributed by atoms with Crippen LogP contribution in [0.25, 0.3) is 5.69 Å². The lowest BCUT2D eigenvalue weighted by atomic mass is 10.1. The van der Waals surface area contributed by atoms with E-state index < -0.39 is 0 Å². The number of carbonyl (C=O) groups is 1. The number of ether oxygens (including phenoxy) is 2. The van der Waals surface area contributed by atoms with Crippen molar-refractivity contribution < 1.29 is 14.3 Å². The van der Waals surface area contributed by atoms with E-state index in [4.69, 9.17) is 9.47 Å². The molecular weight excluding hydrogens is 436 g/mol. The Hall–Kier alpha value is -3.00. The molecule has 4 rings (SSSR count). The van der Waals surface area contributed by atoms with Crippen LogP contribution in [0.1, 0.15) is 42.6 Å². The number of amides is 1. The summed E-state index contributed by atoms with van der Waals surface area (Å²) in [5.41, 5.74) is 3.35. The summed E-state index contributed by atoms with van der Waals surface area (Å²) < 4.78 is 13.1. The molecule has 174 valence electrons. The van der Waals surface area contributed by atoms with Gasteiger partial charge in [0.25, 0.3) is 0 Å². The zero-order chi connectivity index (χ0) is 23.2. The predicted molar refractivity (Wildman–Crippen MR) is 129 cm³/mol. The Balaban J connectivity index is 1.51. The Labute approximate surface area is 198 Å². The summed E-state index contributed by atoms with van der Waals surface area (Å²) in [5.74, 6) is 2.51. The summed E-state index contributed by atoms with van der Waals surface area (Å²) >= 11 is 1.40. The summed E-state index contributed by atoms with van der Waals surface area (Å²) in [7, 11) is 1.63. The van der Waals surface area contributed by atoms with Crippen molar-refractivity contribution in [1.29, 1.82) is 0 Å². The number of nitrogens with zero attached hydrogens (tertiary/aromatic N) is 3. The number of hydrogen-bond acceptors (Lipinski definition) is 6. The summed E-state index contributed by atoms with van der Waals surface area (Å²) in [6.07, 6.45) is 4.53. The van der Waals surface area contributed by atoms with Gasteiger partial charge in [0.15, 0.2) is 11.0 Å². The minimum atomic E-state index is 0.0394. The zero-order valence-corrected chi connectivity index (χ0v) is 20.2. The molecule has 1 amide bonds. The fourth-order valence-electron chi connectivity index (χ4n) is 3.90. The first-order valence-corrected chi connectivity index (χ1v) is 12.2. The van der Waals surface area contributed by atoms with Crippen molar-refractivity contribution in [3.63, 3.8) is 0 Å². The van der Waals surface area contributed by atoms with Crippen LogP contribution in [0.2, 0.25) is 0 Å². The van der Waals surface area contributed by atoms with Gasteiger partial charge < -0.3 is 14.8 Å². The molecule has 0 radical (unpaired) electrons. The lowest BCUT2D eigenvalue weighted by Crippen LogP contribution is -2.33. The van der Waals surface area contributed by atoms with Crippen LogP contribution in [0.3, 0.4) is 0 Å². The third-order valence-corrected chi connectivity index (χ3v) is 6.86. The molecule has 1 heterocycles. The van der Waals surface area contributed by atoms with Crippen LogP contribution in [0, 0.1) is 13.8 Å². The Morgan fingerprint density at radius 1 is 1.06 bits per heavy atom. The molecule has 0 unspecified atom stereocenters. The smallest absolute Gasteiger partial charge is 0.230 e. The summed E-state index contributed by atoms with van der Waals surface area (Å²) in [4.78, 5) is 12.5. The Bertz CT molecular complexity index is 1090. The second-order valence-corrected chi connectivity index (χ2v) is 9.25. The second-order valence-electron chi connectivity index (χ2n) is 8.30. The molecule has 1 aliphatic carbocycles. The topological polar surface area (TPSA) is 78.3 Å². The SMILES string of the molecule is COc1ccc(OCc2nnc(SCC(=O)NC3CCCC3)n2-c2ccc(C)c(C)c2)cc1. The zero-order valence-electron chi connectivity index (χ0n) is 19.3. The monoisotopic (exact) mass is 466 g/mol. The molecule has 0 saturated heterocycles. The minimum Gasteiger partial charge on any atom is -0.497 e. The van der Waals surface area contributed by atoms with E-state index in [1.54, 1.807) is 7.11 Å². The summed E-state index contributed by atoms with van der Waals surface area (Å²) in [6.45, 7) is 4.42. The van der Waals surface area contributed by atoms with Gasteiger partial charge in [-0.3, -0.25) is 9.36 Å². The molecule has 33 heavy (non-hydrogen) atoms. The number of thioether (sulfide) groups is 1. The van der Waals surface area contributed by atoms with Crippen molar-refractivity contribution in [3.8, 4) is 17.2 Å². The largest absolute Gasteiger partial charge is 0.497 e. The van der Waals surface area contributed by atoms with E-state index in [0.717, 1.165) is 30.0 Å². The number of rotatable bonds is 9. The number of carbonyl (C=O) groups excluding carboxylic acids is 1. The third-order valence-electron chi connectivity index (χ3n) is 5.93. The van der Waals surface area contributed by atoms with E-state index in [2.05, 4.69) is 41.5 Å². The highest BCUT2D eigenvalue weighted by atomic mass is 32.2. The van der Waals surface area contributed by atoms with E-state index in [0.29, 0.717) is 22.8 Å². The van der Waals surface area contributed by atoms with Gasteiger partial charge in [-0.2, -0.15) is 0 Å². The molecule has 0 bridgehead atoms. The number of aromatic nitrogens is 3. The van der Waals surface area contributed by atoms with Crippen LogP contribution in [0.15, 0.2) is 47.6 Å². The van der Waals surface area contributed by atoms with Gasteiger partial charge in [0.1, 0.15) is 18.1 Å². The molecule has 1 fully saturated rings. The predicted octanol–water partition coefficient (Wildman–Crippen LogP) is 4.62. The van der Waals surface area contributed by atoms with Crippen LogP contribution in [0.5, 0.6) is 11.5 Å². The average Bonchev–Trinajstić information content (AvgIpc) is 3.48. The fourth-order valence-corrected chi connectivity index (χ4v) is 4.68. The molecule has 0 aliphatic heterocycles. The highest BCUT2D eigenvalue weighted by molar-refractivity contribution is 7.99. The number of nitrogens with one attached hydrogen (secondary N) is 1. The van der Waals surface area contributed by atoms with Gasteiger partial charge in [-0.25, -0.2) is 0 Å². The van der Waals surface area contributed by atoms with Gasteiger partial charge in [0.05, 0.1) is 12.9 Å². The van der Waals surface area contributed by atoms with Crippen LogP contribution in [0.4, 0.5) is 0 Å². The molecule has 1 N–H and O–H groups in total. The van der Waals surface area contributed by atoms with Gasteiger partial charge in [0.2, 0.25) is 5.91 Å². The van der Waals surface area contributed by atoms with E-state index in [9.17, 15) is 4.79 Å². The molecule has 1 aliphatic rings. The number of aryl methyl sites for hydroxylation is 2. The second kappa shape index (κ2) is 10.7. The highest BCUT2D eigenvalue weighted by Gasteiger charge is 2.20. The molecule has 1 aromatic heterocycles. The fraction of sp³-hybridized carbons (Fsp3) is 0.400. The van der Waals surface area contributed by atoms with Crippen molar-refractivity contribution in [2.45, 2.75) is 57.3 Å². The molecular formula is C25H30N4O3S. The van der Waals surface area contributed by atoms with Gasteiger partial charge in [0, 0.05) is 11.7 Å². The van der Waals surface area contributed by atoms with Crippen LogP contribution in [-0.4, -0.2) is 39.6 Å². The Kier molecular flexibility index (Phi) is 7.54. The number of hydrogen-bond donors (Lipinski definition) is 1. The first-order valence-electron chi connectivity index (χ1n) is 11.2. The molecule has 7 nitrogen and oxygen atoms in total. The maximum absolute atomic E-state index is 12.5. The standard InChI is InChI=1S/C25H30N4O3S/c1-17-8-9-20(14-18(17)2)29-23(15-32-22-12-10-21(31-3)11-13-22)27-28-25(29)33-16-24(30)26-19-6-4-5-7-19/h8-14,19H,4-7,15-16H2,1-3H3,(H,26,30). The van der Waals surface area contributed by atoms with E-state index in [1.165, 1.54) is 35.7 Å². The first-order chi connectivity index (χ1) is 16.0. The van der Waals surface area contributed by atoms with Gasteiger partial charge >= 0.3 is 0 Å². The van der Waals surface area contributed by atoms with Crippen molar-refractivity contribution in [2.75, 3.05) is 12.9 Å². The number of benzene rings is 2. The van der Waals surface area contributed by atoms with E-state index in [1.807, 2.05) is 34.9 Å². The molecule has 3 aromatic rings. The number of methoxy groups -OCH3 is 1. The van der Waals surface area contributed by atoms with Crippen LogP contribution in [-0.2, 0) is 11.4 Å². The van der Waals surface area contributed by atoms with Gasteiger partial charge in [-0.1, -0.05) is 30.7 Å². The van der Waals surface area contributed by atoms with E-state index >= 15 is 0 Å². The Morgan fingerprint density at radius 2 is 1.79 bits per heavy atom. The lowest BCUT2D eigenvalue weighted by Gasteiger charge is -2.14. The highest BCUT2D eigenvalue weighted by Crippen LogP contribution is 2.25. The van der Waals surface area contributed by atoms with Crippen LogP contribution < -0.4 is 14.8 Å². The van der Waals surface area contributed by atoms with Gasteiger partial charge in [-0.05, 0) is 74.2 Å². The molecule has 0 spiro atoms. The minimum absolute atomic E-state index is 0.0394. The van der Waals surface area contributed by atoms with E-state index in [-0.39, 0.29) is 12.5 Å². The van der Waals surface area contributed by atoms with Crippen LogP contribution >= 0.6 is 11.8 Å². The quantitative estimate of drug-likeness (QED) is 0.464. The normalized spacial score (nSPS) is 13.8. The van der Waals surface area contributed by atoms with Crippen molar-refractivity contribution >= 4 is 17.7 Å². The van der Waals surface area contributed by atoms with Crippen molar-refractivity contribution in [2.24, 2.45) is 0 Å². The third kappa shape index (κ3) is 5.87. The molecule has 0 atom stereocenters. The maximum atomic E-state index is 12.5. The van der Waals surface area contributed by atoms with Gasteiger partial charge in [-0.15, -0.1) is 10.2 Å². The maximum Gasteiger partial charge on any atom is 0.230 e. The first kappa shape index (κ1) is 23.2. The molecule has 8 heteroatoms. The summed E-state index contributed by atoms with van der Waals surface area (Å²) in [6, 6.07) is 14.0. The lowest BCUT2D eigenvalue weighted by molar-refractivity contribution is -0.119. The summed E-state index contributed by atoms with van der Waals surface area (Å²) in [5, 5.41) is 12.6. The van der Waals surface area contributed by atoms with Crippen molar-refractivity contribution in [1.82, 2.24) is 20.1 Å². The molecule has 1 saturated carbocycles. The Morgan fingerprint density at radius 3 is 2.48 bits per heavy atom.